The molecule has 3 rings (SSSR count). The highest BCUT2D eigenvalue weighted by Gasteiger charge is 2.30. The lowest BCUT2D eigenvalue weighted by Crippen LogP contribution is -2.32. The molecule has 0 spiro atoms. The molecule has 1 aliphatic heterocycles. The summed E-state index contributed by atoms with van der Waals surface area (Å²) < 4.78 is 27.6. The second-order valence-corrected chi connectivity index (χ2v) is 7.80. The van der Waals surface area contributed by atoms with Crippen LogP contribution in [-0.2, 0) is 10.0 Å². The first-order valence-corrected chi connectivity index (χ1v) is 9.33. The highest BCUT2D eigenvalue weighted by atomic mass is 35.5. The van der Waals surface area contributed by atoms with Gasteiger partial charge in [-0.15, -0.1) is 0 Å². The van der Waals surface area contributed by atoms with E-state index in [1.807, 2.05) is 6.92 Å². The maximum Gasteiger partial charge on any atom is 0.265 e. The Labute approximate surface area is 147 Å². The second kappa shape index (κ2) is 6.42. The summed E-state index contributed by atoms with van der Waals surface area (Å²) in [5.74, 6) is 0.347. The summed E-state index contributed by atoms with van der Waals surface area (Å²) in [5, 5.41) is 0.495. The number of fused-ring (bicyclic) bond motifs is 1. The number of benzene rings is 1. The molecule has 0 amide bonds. The predicted molar refractivity (Wildman–Crippen MR) is 97.5 cm³/mol. The fraction of sp³-hybridized carbons (Fsp3) is 0.167. The minimum absolute atomic E-state index is 0.239. The monoisotopic (exact) mass is 360 g/mol. The van der Waals surface area contributed by atoms with Crippen LogP contribution in [0.2, 0.25) is 0 Å². The summed E-state index contributed by atoms with van der Waals surface area (Å²) in [6.45, 7) is 5.95. The molecular weight excluding hydrogens is 344 g/mol. The number of rotatable bonds is 3. The lowest BCUT2D eigenvalue weighted by Gasteiger charge is -2.23. The molecule has 24 heavy (non-hydrogen) atoms. The fourth-order valence-corrected chi connectivity index (χ4v) is 4.40. The molecule has 124 valence electrons. The second-order valence-electron chi connectivity index (χ2n) is 5.56. The van der Waals surface area contributed by atoms with Gasteiger partial charge in [0.2, 0.25) is 0 Å². The summed E-state index contributed by atoms with van der Waals surface area (Å²) in [5.41, 5.74) is 2.41. The highest BCUT2D eigenvalue weighted by molar-refractivity contribution is 7.92. The number of allylic oxidation sites excluding steroid dienone is 1. The average Bonchev–Trinajstić information content (AvgIpc) is 2.72. The first kappa shape index (κ1) is 16.7. The third-order valence-electron chi connectivity index (χ3n) is 3.98. The van der Waals surface area contributed by atoms with E-state index in [1.165, 1.54) is 4.31 Å². The van der Waals surface area contributed by atoms with Gasteiger partial charge in [0, 0.05) is 18.3 Å². The number of pyridine rings is 1. The Morgan fingerprint density at radius 3 is 2.62 bits per heavy atom. The number of halogens is 1. The van der Waals surface area contributed by atoms with Crippen molar-refractivity contribution in [1.29, 1.82) is 0 Å². The molecule has 2 aromatic rings. The van der Waals surface area contributed by atoms with Crippen LogP contribution in [0.1, 0.15) is 17.5 Å². The number of sulfonamides is 1. The van der Waals surface area contributed by atoms with E-state index >= 15 is 0 Å². The van der Waals surface area contributed by atoms with Gasteiger partial charge in [0.1, 0.15) is 0 Å². The van der Waals surface area contributed by atoms with Gasteiger partial charge in [-0.1, -0.05) is 42.0 Å². The predicted octanol–water partition coefficient (Wildman–Crippen LogP) is 4.12. The van der Waals surface area contributed by atoms with Gasteiger partial charge >= 0.3 is 0 Å². The van der Waals surface area contributed by atoms with Gasteiger partial charge in [-0.3, -0.25) is 0 Å². The Morgan fingerprint density at radius 2 is 1.96 bits per heavy atom. The molecule has 4 nitrogen and oxygen atoms in total. The molecule has 0 atom stereocenters. The molecule has 0 saturated carbocycles. The lowest BCUT2D eigenvalue weighted by atomic mass is 10.1. The smallest absolute Gasteiger partial charge is 0.249 e. The SMILES string of the molecule is C=CC1=C(Cl)c2cccnc2N(S(=O)(=O)c2ccc(C)cc2)CC1. The van der Waals surface area contributed by atoms with Crippen molar-refractivity contribution in [2.24, 2.45) is 0 Å². The van der Waals surface area contributed by atoms with Gasteiger partial charge in [0.05, 0.1) is 9.93 Å². The third kappa shape index (κ3) is 2.85. The summed E-state index contributed by atoms with van der Waals surface area (Å²) >= 11 is 6.45. The highest BCUT2D eigenvalue weighted by Crippen LogP contribution is 2.37. The molecular formula is C18H17ClN2O2S. The Morgan fingerprint density at radius 1 is 1.25 bits per heavy atom. The van der Waals surface area contributed by atoms with Crippen molar-refractivity contribution >= 4 is 32.5 Å². The third-order valence-corrected chi connectivity index (χ3v) is 6.23. The van der Waals surface area contributed by atoms with E-state index < -0.39 is 10.0 Å². The van der Waals surface area contributed by atoms with Crippen LogP contribution in [0.4, 0.5) is 5.82 Å². The zero-order chi connectivity index (χ0) is 17.3. The van der Waals surface area contributed by atoms with Gasteiger partial charge in [0.15, 0.2) is 5.82 Å². The zero-order valence-electron chi connectivity index (χ0n) is 13.2. The molecule has 0 aliphatic carbocycles. The van der Waals surface area contributed by atoms with E-state index in [9.17, 15) is 8.42 Å². The molecule has 1 aliphatic rings. The Hall–Kier alpha value is -2.11. The van der Waals surface area contributed by atoms with Gasteiger partial charge in [-0.25, -0.2) is 17.7 Å². The summed E-state index contributed by atoms with van der Waals surface area (Å²) in [4.78, 5) is 4.52. The maximum atomic E-state index is 13.1. The van der Waals surface area contributed by atoms with Gasteiger partial charge in [-0.2, -0.15) is 0 Å². The molecule has 0 saturated heterocycles. The lowest BCUT2D eigenvalue weighted by molar-refractivity contribution is 0.590. The number of hydrogen-bond donors (Lipinski definition) is 0. The summed E-state index contributed by atoms with van der Waals surface area (Å²) in [6, 6.07) is 10.3. The van der Waals surface area contributed by atoms with Crippen LogP contribution < -0.4 is 4.31 Å². The van der Waals surface area contributed by atoms with Crippen molar-refractivity contribution in [2.45, 2.75) is 18.2 Å². The fourth-order valence-electron chi connectivity index (χ4n) is 2.64. The largest absolute Gasteiger partial charge is 0.265 e. The molecule has 6 heteroatoms. The topological polar surface area (TPSA) is 50.3 Å². The van der Waals surface area contributed by atoms with Crippen molar-refractivity contribution in [2.75, 3.05) is 10.8 Å². The quantitative estimate of drug-likeness (QED) is 0.827. The Balaban J connectivity index is 2.15. The summed E-state index contributed by atoms with van der Waals surface area (Å²) in [7, 11) is -3.72. The first-order chi connectivity index (χ1) is 11.4. The molecule has 1 aromatic carbocycles. The minimum atomic E-state index is -3.72. The van der Waals surface area contributed by atoms with Crippen LogP contribution in [0, 0.1) is 6.92 Å². The van der Waals surface area contributed by atoms with Crippen molar-refractivity contribution in [1.82, 2.24) is 4.98 Å². The van der Waals surface area contributed by atoms with Gasteiger partial charge in [0.25, 0.3) is 10.0 Å². The van der Waals surface area contributed by atoms with E-state index in [0.29, 0.717) is 22.8 Å². The molecule has 1 aromatic heterocycles. The number of anilines is 1. The normalized spacial score (nSPS) is 15.0. The van der Waals surface area contributed by atoms with Crippen LogP contribution in [0.5, 0.6) is 0 Å². The minimum Gasteiger partial charge on any atom is -0.249 e. The molecule has 0 radical (unpaired) electrons. The van der Waals surface area contributed by atoms with E-state index in [2.05, 4.69) is 11.6 Å². The number of aryl methyl sites for hydroxylation is 1. The zero-order valence-corrected chi connectivity index (χ0v) is 14.8. The molecule has 0 fully saturated rings. The Bertz CT molecular complexity index is 918. The average molecular weight is 361 g/mol. The van der Waals surface area contributed by atoms with Crippen LogP contribution in [0.25, 0.3) is 5.03 Å². The van der Waals surface area contributed by atoms with Crippen molar-refractivity contribution in [3.8, 4) is 0 Å². The van der Waals surface area contributed by atoms with E-state index in [0.717, 1.165) is 11.1 Å². The van der Waals surface area contributed by atoms with Gasteiger partial charge in [-0.05, 0) is 43.2 Å². The molecule has 2 heterocycles. The van der Waals surface area contributed by atoms with E-state index in [4.69, 9.17) is 11.6 Å². The van der Waals surface area contributed by atoms with Crippen LogP contribution in [-0.4, -0.2) is 19.9 Å². The Kier molecular flexibility index (Phi) is 4.47. The van der Waals surface area contributed by atoms with Crippen LogP contribution in [0.3, 0.4) is 0 Å². The molecule has 0 bridgehead atoms. The van der Waals surface area contributed by atoms with Crippen LogP contribution in [0.15, 0.2) is 65.7 Å². The van der Waals surface area contributed by atoms with Crippen molar-refractivity contribution in [3.63, 3.8) is 0 Å². The standard InChI is InChI=1S/C18H17ClN2O2S/c1-3-14-10-12-21(18-16(17(14)19)5-4-11-20-18)24(22,23)15-8-6-13(2)7-9-15/h3-9,11H,1,10,12H2,2H3. The summed E-state index contributed by atoms with van der Waals surface area (Å²) in [6.07, 6.45) is 3.71. The van der Waals surface area contributed by atoms with Crippen molar-refractivity contribution < 1.29 is 8.42 Å². The number of aromatic nitrogens is 1. The maximum absolute atomic E-state index is 13.1. The van der Waals surface area contributed by atoms with Crippen molar-refractivity contribution in [3.05, 3.63) is 72.0 Å². The molecule has 0 N–H and O–H groups in total. The first-order valence-electron chi connectivity index (χ1n) is 7.51. The number of hydrogen-bond acceptors (Lipinski definition) is 3. The van der Waals surface area contributed by atoms with E-state index in [1.54, 1.807) is 48.7 Å². The van der Waals surface area contributed by atoms with Gasteiger partial charge < -0.3 is 0 Å². The molecule has 0 unspecified atom stereocenters. The van der Waals surface area contributed by atoms with E-state index in [-0.39, 0.29) is 11.4 Å². The number of nitrogens with zero attached hydrogens (tertiary/aromatic N) is 2. The van der Waals surface area contributed by atoms with Crippen LogP contribution >= 0.6 is 11.6 Å².